The van der Waals surface area contributed by atoms with Crippen molar-refractivity contribution in [1.29, 1.82) is 0 Å². The summed E-state index contributed by atoms with van der Waals surface area (Å²) in [4.78, 5) is 10.7. The largest absolute Gasteiger partial charge is 0.463 e. The number of carbonyl (C=O) groups excluding carboxylic acids is 1. The fourth-order valence-corrected chi connectivity index (χ4v) is 1.13. The van der Waals surface area contributed by atoms with E-state index in [1.54, 1.807) is 0 Å². The van der Waals surface area contributed by atoms with Gasteiger partial charge in [-0.1, -0.05) is 6.58 Å². The number of hydrogen-bond donors (Lipinski definition) is 3. The molecule has 0 fully saturated rings. The van der Waals surface area contributed by atoms with Gasteiger partial charge in [0, 0.05) is 12.5 Å². The van der Waals surface area contributed by atoms with Gasteiger partial charge in [0.1, 0.15) is 0 Å². The maximum absolute atomic E-state index is 10.7. The summed E-state index contributed by atoms with van der Waals surface area (Å²) in [7, 11) is 0. The Morgan fingerprint density at radius 2 is 1.75 bits per heavy atom. The molecule has 0 bridgehead atoms. The third kappa shape index (κ3) is 5.22. The molecule has 0 rings (SSSR count). The lowest BCUT2D eigenvalue weighted by atomic mass is 10.3. The van der Waals surface area contributed by atoms with E-state index in [2.05, 4.69) is 6.58 Å². The minimum absolute atomic E-state index is 0.171. The van der Waals surface area contributed by atoms with Crippen LogP contribution in [0.4, 0.5) is 0 Å². The molecule has 16 heavy (non-hydrogen) atoms. The van der Waals surface area contributed by atoms with Gasteiger partial charge in [0.25, 0.3) is 0 Å². The number of quaternary nitrogens is 1. The molecule has 94 valence electrons. The number of esters is 1. The summed E-state index contributed by atoms with van der Waals surface area (Å²) in [6.45, 7) is 3.00. The summed E-state index contributed by atoms with van der Waals surface area (Å²) in [5.41, 5.74) is 0. The highest BCUT2D eigenvalue weighted by Gasteiger charge is 2.23. The number of ether oxygens (including phenoxy) is 1. The fraction of sp³-hybridized carbons (Fsp3) is 0.700. The molecule has 0 radical (unpaired) electrons. The zero-order valence-corrected chi connectivity index (χ0v) is 9.34. The van der Waals surface area contributed by atoms with Crippen molar-refractivity contribution >= 4 is 5.97 Å². The van der Waals surface area contributed by atoms with Gasteiger partial charge in [-0.05, 0) is 6.42 Å². The average molecular weight is 234 g/mol. The lowest BCUT2D eigenvalue weighted by Crippen LogP contribution is -2.50. The predicted octanol–water partition coefficient (Wildman–Crippen LogP) is -0.838. The van der Waals surface area contributed by atoms with Gasteiger partial charge in [-0.25, -0.2) is 4.79 Å². The lowest BCUT2D eigenvalue weighted by molar-refractivity contribution is -0.976. The standard InChI is InChI=1S/C10H20NO5/c1-2-10(15)16-6-4-3-5-11(7-12,8-13)9-14/h2,12-14H,1,3-9H2/q+1. The van der Waals surface area contributed by atoms with Crippen molar-refractivity contribution in [3.63, 3.8) is 0 Å². The van der Waals surface area contributed by atoms with Crippen molar-refractivity contribution < 1.29 is 29.3 Å². The van der Waals surface area contributed by atoms with Gasteiger partial charge in [0.15, 0.2) is 20.2 Å². The van der Waals surface area contributed by atoms with Crippen LogP contribution in [0.25, 0.3) is 0 Å². The minimum Gasteiger partial charge on any atom is -0.463 e. The highest BCUT2D eigenvalue weighted by Crippen LogP contribution is 2.05. The third-order valence-corrected chi connectivity index (χ3v) is 2.34. The maximum Gasteiger partial charge on any atom is 0.330 e. The van der Waals surface area contributed by atoms with E-state index in [0.29, 0.717) is 19.4 Å². The summed E-state index contributed by atoms with van der Waals surface area (Å²) in [6.07, 6.45) is 2.33. The van der Waals surface area contributed by atoms with Gasteiger partial charge in [-0.15, -0.1) is 0 Å². The SMILES string of the molecule is C=CC(=O)OCCCC[N+](CO)(CO)CO. The fourth-order valence-electron chi connectivity index (χ4n) is 1.13. The van der Waals surface area contributed by atoms with Gasteiger partial charge < -0.3 is 20.1 Å². The van der Waals surface area contributed by atoms with E-state index >= 15 is 0 Å². The summed E-state index contributed by atoms with van der Waals surface area (Å²) < 4.78 is 4.58. The van der Waals surface area contributed by atoms with E-state index < -0.39 is 5.97 Å². The molecular weight excluding hydrogens is 214 g/mol. The van der Waals surface area contributed by atoms with Crippen molar-refractivity contribution in [3.8, 4) is 0 Å². The van der Waals surface area contributed by atoms with Crippen molar-refractivity contribution in [2.75, 3.05) is 33.3 Å². The topological polar surface area (TPSA) is 87.0 Å². The highest BCUT2D eigenvalue weighted by molar-refractivity contribution is 5.81. The molecule has 3 N–H and O–H groups in total. The minimum atomic E-state index is -0.466. The summed E-state index contributed by atoms with van der Waals surface area (Å²) in [5.74, 6) is -0.466. The monoisotopic (exact) mass is 234 g/mol. The van der Waals surface area contributed by atoms with Crippen LogP contribution in [-0.4, -0.2) is 59.1 Å². The first-order valence-corrected chi connectivity index (χ1v) is 5.11. The Morgan fingerprint density at radius 3 is 2.19 bits per heavy atom. The van der Waals surface area contributed by atoms with E-state index in [4.69, 9.17) is 20.1 Å². The molecule has 0 aliphatic rings. The number of nitrogens with zero attached hydrogens (tertiary/aromatic N) is 1. The van der Waals surface area contributed by atoms with Gasteiger partial charge in [-0.2, -0.15) is 0 Å². The Morgan fingerprint density at radius 1 is 1.19 bits per heavy atom. The molecule has 0 aliphatic heterocycles. The Hall–Kier alpha value is -0.950. The first kappa shape index (κ1) is 15.0. The van der Waals surface area contributed by atoms with Gasteiger partial charge in [-0.3, -0.25) is 4.48 Å². The second kappa shape index (κ2) is 8.23. The Kier molecular flexibility index (Phi) is 7.74. The number of carbonyl (C=O) groups is 1. The van der Waals surface area contributed by atoms with Crippen LogP contribution in [0.3, 0.4) is 0 Å². The molecule has 0 aromatic rings. The normalized spacial score (nSPS) is 11.2. The summed E-state index contributed by atoms with van der Waals surface area (Å²) in [6, 6.07) is 0. The van der Waals surface area contributed by atoms with Crippen LogP contribution in [0, 0.1) is 0 Å². The zero-order valence-electron chi connectivity index (χ0n) is 9.34. The predicted molar refractivity (Wildman–Crippen MR) is 56.8 cm³/mol. The second-order valence-electron chi connectivity index (χ2n) is 3.57. The van der Waals surface area contributed by atoms with E-state index in [1.165, 1.54) is 0 Å². The lowest BCUT2D eigenvalue weighted by Gasteiger charge is -2.31. The van der Waals surface area contributed by atoms with Crippen LogP contribution >= 0.6 is 0 Å². The number of hydrogen-bond acceptors (Lipinski definition) is 5. The Labute approximate surface area is 95.0 Å². The molecule has 0 aromatic carbocycles. The first-order valence-electron chi connectivity index (χ1n) is 5.11. The van der Waals surface area contributed by atoms with Crippen LogP contribution in [0.2, 0.25) is 0 Å². The Bertz CT molecular complexity index is 207. The molecule has 0 amide bonds. The van der Waals surface area contributed by atoms with E-state index in [1.807, 2.05) is 0 Å². The van der Waals surface area contributed by atoms with Crippen LogP contribution in [-0.2, 0) is 9.53 Å². The first-order chi connectivity index (χ1) is 7.64. The molecule has 6 heteroatoms. The van der Waals surface area contributed by atoms with E-state index in [9.17, 15) is 4.79 Å². The second-order valence-corrected chi connectivity index (χ2v) is 3.57. The van der Waals surface area contributed by atoms with Crippen molar-refractivity contribution in [1.82, 2.24) is 0 Å². The number of aliphatic hydroxyl groups is 3. The third-order valence-electron chi connectivity index (χ3n) is 2.34. The molecule has 0 heterocycles. The molecule has 0 unspecified atom stereocenters. The molecule has 0 spiro atoms. The van der Waals surface area contributed by atoms with Crippen molar-refractivity contribution in [2.24, 2.45) is 0 Å². The molecule has 0 saturated heterocycles. The maximum atomic E-state index is 10.7. The molecule has 0 atom stereocenters. The number of unbranched alkanes of at least 4 members (excludes halogenated alkanes) is 1. The average Bonchev–Trinajstić information content (AvgIpc) is 2.34. The van der Waals surface area contributed by atoms with Crippen molar-refractivity contribution in [2.45, 2.75) is 12.8 Å². The van der Waals surface area contributed by atoms with Gasteiger partial charge in [0.05, 0.1) is 13.2 Å². The van der Waals surface area contributed by atoms with Gasteiger partial charge >= 0.3 is 5.97 Å². The van der Waals surface area contributed by atoms with Crippen LogP contribution < -0.4 is 0 Å². The van der Waals surface area contributed by atoms with E-state index in [0.717, 1.165) is 6.08 Å². The molecule has 0 aromatic heterocycles. The Balaban J connectivity index is 3.71. The smallest absolute Gasteiger partial charge is 0.330 e. The van der Waals surface area contributed by atoms with Gasteiger partial charge in [0.2, 0.25) is 0 Å². The molecule has 6 nitrogen and oxygen atoms in total. The summed E-state index contributed by atoms with van der Waals surface area (Å²) >= 11 is 0. The number of aliphatic hydroxyl groups excluding tert-OH is 3. The van der Waals surface area contributed by atoms with Crippen LogP contribution in [0.15, 0.2) is 12.7 Å². The quantitative estimate of drug-likeness (QED) is 0.159. The zero-order chi connectivity index (χ0) is 12.4. The molecule has 0 aliphatic carbocycles. The van der Waals surface area contributed by atoms with E-state index in [-0.39, 0.29) is 31.3 Å². The highest BCUT2D eigenvalue weighted by atomic mass is 16.5. The number of rotatable bonds is 9. The molecular formula is C10H20NO5+. The van der Waals surface area contributed by atoms with Crippen LogP contribution in [0.5, 0.6) is 0 Å². The summed E-state index contributed by atoms with van der Waals surface area (Å²) in [5, 5.41) is 27.0. The van der Waals surface area contributed by atoms with Crippen molar-refractivity contribution in [3.05, 3.63) is 12.7 Å². The van der Waals surface area contributed by atoms with Crippen LogP contribution in [0.1, 0.15) is 12.8 Å². The molecule has 0 saturated carbocycles.